The zero-order chi connectivity index (χ0) is 11.7. The number of halogens is 1. The predicted molar refractivity (Wildman–Crippen MR) is 65.3 cm³/mol. The topological polar surface area (TPSA) is 39.2 Å². The summed E-state index contributed by atoms with van der Waals surface area (Å²) in [5.74, 6) is -0.308. The lowest BCUT2D eigenvalue weighted by Gasteiger charge is -2.03. The third kappa shape index (κ3) is 2.03. The third-order valence-electron chi connectivity index (χ3n) is 2.17. The van der Waals surface area contributed by atoms with E-state index in [9.17, 15) is 4.79 Å². The summed E-state index contributed by atoms with van der Waals surface area (Å²) in [6, 6.07) is 3.54. The maximum absolute atomic E-state index is 11.6. The van der Waals surface area contributed by atoms with E-state index in [1.54, 1.807) is 19.1 Å². The minimum atomic E-state index is -0.308. The first kappa shape index (κ1) is 11.4. The van der Waals surface area contributed by atoms with E-state index in [-0.39, 0.29) is 5.97 Å². The molecule has 1 aromatic carbocycles. The molecule has 1 aromatic heterocycles. The highest BCUT2D eigenvalue weighted by Gasteiger charge is 2.12. The summed E-state index contributed by atoms with van der Waals surface area (Å²) in [7, 11) is 0. The van der Waals surface area contributed by atoms with Gasteiger partial charge in [-0.05, 0) is 31.5 Å². The molecule has 0 aliphatic rings. The van der Waals surface area contributed by atoms with Gasteiger partial charge >= 0.3 is 5.97 Å². The molecule has 2 aromatic rings. The van der Waals surface area contributed by atoms with Crippen molar-refractivity contribution < 1.29 is 9.53 Å². The van der Waals surface area contributed by atoms with Crippen LogP contribution in [0, 0.1) is 6.92 Å². The Balaban J connectivity index is 2.53. The maximum atomic E-state index is 11.6. The van der Waals surface area contributed by atoms with Gasteiger partial charge in [0.2, 0.25) is 0 Å². The van der Waals surface area contributed by atoms with Crippen LogP contribution in [0.15, 0.2) is 12.1 Å². The van der Waals surface area contributed by atoms with Crippen LogP contribution in [-0.4, -0.2) is 17.6 Å². The van der Waals surface area contributed by atoms with Crippen molar-refractivity contribution in [2.24, 2.45) is 0 Å². The number of thiazole rings is 1. The lowest BCUT2D eigenvalue weighted by molar-refractivity contribution is 0.0526. The lowest BCUT2D eigenvalue weighted by Crippen LogP contribution is -2.04. The molecule has 0 aliphatic carbocycles. The number of carbonyl (C=O) groups excluding carboxylic acids is 1. The Kier molecular flexibility index (Phi) is 3.12. The summed E-state index contributed by atoms with van der Waals surface area (Å²) in [5, 5.41) is 0. The Hall–Kier alpha value is -1.13. The monoisotopic (exact) mass is 255 g/mol. The van der Waals surface area contributed by atoms with E-state index in [1.807, 2.05) is 6.92 Å². The van der Waals surface area contributed by atoms with Crippen molar-refractivity contribution in [3.05, 3.63) is 27.7 Å². The molecular formula is C11H10ClNO2S. The van der Waals surface area contributed by atoms with Crippen molar-refractivity contribution in [2.75, 3.05) is 6.61 Å². The van der Waals surface area contributed by atoms with Gasteiger partial charge in [0.05, 0.1) is 22.4 Å². The molecule has 0 atom stereocenters. The van der Waals surface area contributed by atoms with Gasteiger partial charge < -0.3 is 4.74 Å². The highest BCUT2D eigenvalue weighted by atomic mass is 35.5. The first-order valence-electron chi connectivity index (χ1n) is 4.85. The first-order chi connectivity index (χ1) is 7.61. The number of carbonyl (C=O) groups is 1. The Morgan fingerprint density at radius 1 is 1.56 bits per heavy atom. The molecule has 0 spiro atoms. The van der Waals surface area contributed by atoms with E-state index in [0.717, 1.165) is 15.8 Å². The second-order valence-corrected chi connectivity index (χ2v) is 4.94. The number of aromatic nitrogens is 1. The molecular weight excluding hydrogens is 246 g/mol. The molecule has 0 saturated heterocycles. The molecule has 3 nitrogen and oxygen atoms in total. The van der Waals surface area contributed by atoms with Crippen LogP contribution in [-0.2, 0) is 4.74 Å². The van der Waals surface area contributed by atoms with Gasteiger partial charge in [0.1, 0.15) is 0 Å². The third-order valence-corrected chi connectivity index (χ3v) is 3.28. The van der Waals surface area contributed by atoms with Crippen LogP contribution in [0.4, 0.5) is 0 Å². The zero-order valence-electron chi connectivity index (χ0n) is 8.91. The van der Waals surface area contributed by atoms with E-state index in [0.29, 0.717) is 16.6 Å². The number of nitrogens with zero attached hydrogens (tertiary/aromatic N) is 1. The Morgan fingerprint density at radius 3 is 3.00 bits per heavy atom. The van der Waals surface area contributed by atoms with Gasteiger partial charge in [0.15, 0.2) is 4.47 Å². The number of hydrogen-bond acceptors (Lipinski definition) is 4. The van der Waals surface area contributed by atoms with E-state index >= 15 is 0 Å². The fourth-order valence-corrected chi connectivity index (χ4v) is 2.64. The van der Waals surface area contributed by atoms with Gasteiger partial charge in [-0.25, -0.2) is 9.78 Å². The summed E-state index contributed by atoms with van der Waals surface area (Å²) in [4.78, 5) is 15.8. The lowest BCUT2D eigenvalue weighted by atomic mass is 10.1. The quantitative estimate of drug-likeness (QED) is 0.772. The van der Waals surface area contributed by atoms with Crippen LogP contribution in [0.2, 0.25) is 4.47 Å². The molecule has 2 rings (SSSR count). The molecule has 0 unspecified atom stereocenters. The van der Waals surface area contributed by atoms with Crippen LogP contribution in [0.3, 0.4) is 0 Å². The average Bonchev–Trinajstić information content (AvgIpc) is 2.59. The zero-order valence-corrected chi connectivity index (χ0v) is 10.5. The number of esters is 1. The fraction of sp³-hybridized carbons (Fsp3) is 0.273. The largest absolute Gasteiger partial charge is 0.462 e. The van der Waals surface area contributed by atoms with Crippen LogP contribution in [0.5, 0.6) is 0 Å². The molecule has 1 heterocycles. The molecule has 0 amide bonds. The van der Waals surface area contributed by atoms with Gasteiger partial charge in [-0.1, -0.05) is 11.6 Å². The van der Waals surface area contributed by atoms with Gasteiger partial charge in [0.25, 0.3) is 0 Å². The molecule has 0 fully saturated rings. The molecule has 5 heteroatoms. The summed E-state index contributed by atoms with van der Waals surface area (Å²) < 4.78 is 6.35. The average molecular weight is 256 g/mol. The van der Waals surface area contributed by atoms with Crippen molar-refractivity contribution in [3.8, 4) is 0 Å². The highest BCUT2D eigenvalue weighted by Crippen LogP contribution is 2.29. The van der Waals surface area contributed by atoms with Gasteiger partial charge in [-0.2, -0.15) is 0 Å². The number of rotatable bonds is 2. The van der Waals surface area contributed by atoms with Crippen molar-refractivity contribution in [3.63, 3.8) is 0 Å². The molecule has 0 N–H and O–H groups in total. The smallest absolute Gasteiger partial charge is 0.338 e. The molecule has 0 radical (unpaired) electrons. The van der Waals surface area contributed by atoms with Gasteiger partial charge in [-0.3, -0.25) is 0 Å². The van der Waals surface area contributed by atoms with Gasteiger partial charge in [-0.15, -0.1) is 11.3 Å². The molecule has 84 valence electrons. The van der Waals surface area contributed by atoms with Crippen LogP contribution in [0.1, 0.15) is 22.8 Å². The first-order valence-corrected chi connectivity index (χ1v) is 6.05. The summed E-state index contributed by atoms with van der Waals surface area (Å²) in [6.07, 6.45) is 0. The number of aryl methyl sites for hydroxylation is 1. The van der Waals surface area contributed by atoms with E-state index in [2.05, 4.69) is 4.98 Å². The van der Waals surface area contributed by atoms with Gasteiger partial charge in [0, 0.05) is 0 Å². The molecule has 0 saturated carbocycles. The standard InChI is InChI=1S/C11H10ClNO2S/c1-3-15-10(14)7-4-6(2)9-8(5-7)16-11(12)13-9/h4-5H,3H2,1-2H3. The Labute approximate surface area is 102 Å². The van der Waals surface area contributed by atoms with E-state index in [4.69, 9.17) is 16.3 Å². The molecule has 0 bridgehead atoms. The van der Waals surface area contributed by atoms with E-state index < -0.39 is 0 Å². The highest BCUT2D eigenvalue weighted by molar-refractivity contribution is 7.22. The minimum Gasteiger partial charge on any atom is -0.462 e. The summed E-state index contributed by atoms with van der Waals surface area (Å²) in [5.41, 5.74) is 2.33. The van der Waals surface area contributed by atoms with Crippen LogP contribution < -0.4 is 0 Å². The normalized spacial score (nSPS) is 10.7. The molecule has 16 heavy (non-hydrogen) atoms. The Bertz CT molecular complexity index is 550. The number of benzene rings is 1. The predicted octanol–water partition coefficient (Wildman–Crippen LogP) is 3.43. The summed E-state index contributed by atoms with van der Waals surface area (Å²) >= 11 is 7.20. The van der Waals surface area contributed by atoms with Crippen molar-refractivity contribution in [1.82, 2.24) is 4.98 Å². The SMILES string of the molecule is CCOC(=O)c1cc(C)c2nc(Cl)sc2c1. The Morgan fingerprint density at radius 2 is 2.31 bits per heavy atom. The summed E-state index contributed by atoms with van der Waals surface area (Å²) in [6.45, 7) is 4.06. The van der Waals surface area contributed by atoms with Crippen LogP contribution >= 0.6 is 22.9 Å². The van der Waals surface area contributed by atoms with Crippen molar-refractivity contribution in [2.45, 2.75) is 13.8 Å². The van der Waals surface area contributed by atoms with Crippen molar-refractivity contribution >= 4 is 39.1 Å². The van der Waals surface area contributed by atoms with Crippen molar-refractivity contribution in [1.29, 1.82) is 0 Å². The van der Waals surface area contributed by atoms with E-state index in [1.165, 1.54) is 11.3 Å². The minimum absolute atomic E-state index is 0.308. The number of hydrogen-bond donors (Lipinski definition) is 0. The molecule has 0 aliphatic heterocycles. The number of fused-ring (bicyclic) bond motifs is 1. The fourth-order valence-electron chi connectivity index (χ4n) is 1.50. The second-order valence-electron chi connectivity index (χ2n) is 3.33. The maximum Gasteiger partial charge on any atom is 0.338 e. The van der Waals surface area contributed by atoms with Crippen LogP contribution in [0.25, 0.3) is 10.2 Å². The number of ether oxygens (including phenoxy) is 1. The second kappa shape index (κ2) is 4.39.